The summed E-state index contributed by atoms with van der Waals surface area (Å²) in [6.07, 6.45) is -4.98. The normalized spacial score (nSPS) is 27.4. The maximum atomic E-state index is 12.9. The molecule has 1 saturated heterocycles. The van der Waals surface area contributed by atoms with Gasteiger partial charge >= 0.3 is 23.5 Å². The maximum absolute atomic E-state index is 12.9. The van der Waals surface area contributed by atoms with Gasteiger partial charge in [0.15, 0.2) is 6.23 Å². The van der Waals surface area contributed by atoms with Crippen molar-refractivity contribution in [3.8, 4) is 0 Å². The van der Waals surface area contributed by atoms with Crippen LogP contribution in [0.4, 0.5) is 0 Å². The summed E-state index contributed by atoms with van der Waals surface area (Å²) >= 11 is 0. The first-order valence-corrected chi connectivity index (χ1v) is 13.5. The minimum atomic E-state index is -5.72. The molecule has 0 amide bonds. The lowest BCUT2D eigenvalue weighted by atomic mass is 10.1. The Morgan fingerprint density at radius 3 is 2.30 bits per heavy atom. The Labute approximate surface area is 185 Å². The van der Waals surface area contributed by atoms with E-state index in [2.05, 4.69) is 13.1 Å². The van der Waals surface area contributed by atoms with Gasteiger partial charge in [-0.25, -0.2) is 13.7 Å². The fourth-order valence-corrected chi connectivity index (χ4v) is 6.28. The molecule has 3 rings (SSSR count). The van der Waals surface area contributed by atoms with Crippen LogP contribution in [0.5, 0.6) is 0 Å². The third kappa shape index (κ3) is 6.24. The van der Waals surface area contributed by atoms with Crippen LogP contribution in [0.25, 0.3) is 10.8 Å². The van der Waals surface area contributed by atoms with E-state index in [9.17, 15) is 33.6 Å². The molecule has 2 heterocycles. The van der Waals surface area contributed by atoms with Gasteiger partial charge in [0.2, 0.25) is 0 Å². The number of aryl methyl sites for hydroxylation is 1. The van der Waals surface area contributed by atoms with Crippen LogP contribution in [0.3, 0.4) is 0 Å². The molecule has 2 aromatic rings. The average Bonchev–Trinajstić information content (AvgIpc) is 2.92. The number of aromatic nitrogens is 1. The minimum Gasteiger partial charge on any atom is -0.387 e. The van der Waals surface area contributed by atoms with Crippen LogP contribution in [0.2, 0.25) is 0 Å². The lowest BCUT2D eigenvalue weighted by Gasteiger charge is -2.19. The van der Waals surface area contributed by atoms with Gasteiger partial charge < -0.3 is 34.5 Å². The van der Waals surface area contributed by atoms with Gasteiger partial charge in [-0.15, -0.1) is 0 Å². The molecule has 33 heavy (non-hydrogen) atoms. The van der Waals surface area contributed by atoms with Crippen LogP contribution >= 0.6 is 23.5 Å². The average molecular weight is 531 g/mol. The number of hydrogen-bond acceptors (Lipinski definition) is 10. The summed E-state index contributed by atoms with van der Waals surface area (Å²) in [5, 5.41) is 21.5. The molecule has 6 atom stereocenters. The highest BCUT2D eigenvalue weighted by atomic mass is 31.3. The number of rotatable bonds is 8. The number of aliphatic hydroxyl groups excluding tert-OH is 2. The van der Waals surface area contributed by atoms with E-state index in [0.717, 1.165) is 4.57 Å². The number of nitrogens with zero attached hydrogens (tertiary/aromatic N) is 1. The molecular weight excluding hydrogens is 511 g/mol. The van der Waals surface area contributed by atoms with Crippen molar-refractivity contribution < 1.29 is 61.4 Å². The predicted molar refractivity (Wildman–Crippen MR) is 109 cm³/mol. The van der Waals surface area contributed by atoms with Crippen LogP contribution in [-0.4, -0.2) is 59.3 Å². The smallest absolute Gasteiger partial charge is 0.387 e. The Morgan fingerprint density at radius 1 is 1.00 bits per heavy atom. The first-order chi connectivity index (χ1) is 15.1. The summed E-state index contributed by atoms with van der Waals surface area (Å²) < 4.78 is 51.9. The SMILES string of the molecule is Cc1cccc2ccn([C@@H]3O[C@H](COP(=O)(O)OP(=O)(O)OP(=O)(O)O)[C@@H](O)[C@H]3O)c(=O)c12. The molecule has 184 valence electrons. The van der Waals surface area contributed by atoms with Crippen molar-refractivity contribution in [1.82, 2.24) is 4.57 Å². The van der Waals surface area contributed by atoms with E-state index >= 15 is 0 Å². The number of ether oxygens (including phenoxy) is 1. The largest absolute Gasteiger partial charge is 0.490 e. The zero-order valence-electron chi connectivity index (χ0n) is 16.6. The Balaban J connectivity index is 1.74. The molecule has 2 unspecified atom stereocenters. The van der Waals surface area contributed by atoms with E-state index in [1.165, 1.54) is 6.20 Å². The van der Waals surface area contributed by atoms with Crippen molar-refractivity contribution in [2.24, 2.45) is 0 Å². The second kappa shape index (κ2) is 9.40. The molecule has 6 N–H and O–H groups in total. The monoisotopic (exact) mass is 531 g/mol. The molecule has 1 aromatic carbocycles. The van der Waals surface area contributed by atoms with Crippen molar-refractivity contribution in [1.29, 1.82) is 0 Å². The maximum Gasteiger partial charge on any atom is 0.490 e. The Hall–Kier alpha value is -1.28. The molecule has 0 bridgehead atoms. The first kappa shape index (κ1) is 26.3. The fourth-order valence-electron chi connectivity index (χ4n) is 3.25. The van der Waals surface area contributed by atoms with Crippen molar-refractivity contribution in [2.75, 3.05) is 6.61 Å². The molecule has 0 saturated carbocycles. The molecular formula is C15H20NO14P3. The van der Waals surface area contributed by atoms with Gasteiger partial charge in [0.25, 0.3) is 5.56 Å². The number of hydrogen-bond donors (Lipinski definition) is 6. The van der Waals surface area contributed by atoms with Gasteiger partial charge in [-0.2, -0.15) is 8.62 Å². The Bertz CT molecular complexity index is 1240. The Morgan fingerprint density at radius 2 is 1.67 bits per heavy atom. The van der Waals surface area contributed by atoms with Crippen LogP contribution in [0.15, 0.2) is 35.3 Å². The number of benzene rings is 1. The lowest BCUT2D eigenvalue weighted by molar-refractivity contribution is -0.0533. The zero-order chi connectivity index (χ0) is 24.8. The molecule has 15 nitrogen and oxygen atoms in total. The quantitative estimate of drug-likeness (QED) is 0.251. The summed E-state index contributed by atoms with van der Waals surface area (Å²) in [6.45, 7) is 0.722. The molecule has 0 radical (unpaired) electrons. The fraction of sp³-hybridized carbons (Fsp3) is 0.400. The number of fused-ring (bicyclic) bond motifs is 1. The lowest BCUT2D eigenvalue weighted by Crippen LogP contribution is -2.35. The van der Waals surface area contributed by atoms with E-state index in [4.69, 9.17) is 19.4 Å². The molecule has 1 aromatic heterocycles. The number of phosphoric ester groups is 1. The van der Waals surface area contributed by atoms with E-state index in [1.54, 1.807) is 31.2 Å². The van der Waals surface area contributed by atoms with Crippen molar-refractivity contribution in [3.05, 3.63) is 46.4 Å². The molecule has 18 heteroatoms. The summed E-state index contributed by atoms with van der Waals surface area (Å²) in [6, 6.07) is 6.76. The van der Waals surface area contributed by atoms with E-state index in [1.807, 2.05) is 0 Å². The van der Waals surface area contributed by atoms with Crippen LogP contribution in [0, 0.1) is 6.92 Å². The van der Waals surface area contributed by atoms with E-state index < -0.39 is 60.2 Å². The van der Waals surface area contributed by atoms with Crippen molar-refractivity contribution >= 4 is 34.2 Å². The molecule has 0 aliphatic carbocycles. The molecule has 1 aliphatic heterocycles. The van der Waals surface area contributed by atoms with Crippen LogP contribution in [-0.2, 0) is 31.6 Å². The molecule has 0 spiro atoms. The van der Waals surface area contributed by atoms with E-state index in [0.29, 0.717) is 16.3 Å². The minimum absolute atomic E-state index is 0.349. The van der Waals surface area contributed by atoms with Crippen LogP contribution in [0.1, 0.15) is 11.8 Å². The van der Waals surface area contributed by atoms with Gasteiger partial charge in [-0.3, -0.25) is 13.9 Å². The predicted octanol–water partition coefficient (Wildman–Crippen LogP) is 0.272. The number of aliphatic hydroxyl groups is 2. The third-order valence-corrected chi connectivity index (χ3v) is 8.40. The van der Waals surface area contributed by atoms with E-state index in [-0.39, 0.29) is 0 Å². The second-order valence-electron chi connectivity index (χ2n) is 7.00. The summed E-state index contributed by atoms with van der Waals surface area (Å²) in [5.74, 6) is 0. The van der Waals surface area contributed by atoms with Crippen molar-refractivity contribution in [2.45, 2.75) is 31.5 Å². The third-order valence-electron chi connectivity index (χ3n) is 4.60. The standard InChI is InChI=1S/C15H20NO14P3/c1-8-3-2-4-9-5-6-16(14(19)11(8)9)15-13(18)12(17)10(28-15)7-27-32(23,24)30-33(25,26)29-31(20,21)22/h2-6,10,12-13,15,17-18H,7H2,1H3,(H,23,24)(H,25,26)(H2,20,21,22)/t10-,12-,13-,15-/m1/s1. The highest BCUT2D eigenvalue weighted by molar-refractivity contribution is 7.66. The summed E-state index contributed by atoms with van der Waals surface area (Å²) in [4.78, 5) is 48.6. The highest BCUT2D eigenvalue weighted by Gasteiger charge is 2.46. The number of phosphoric acid groups is 3. The second-order valence-corrected chi connectivity index (χ2v) is 11.4. The molecule has 1 fully saturated rings. The Kier molecular flexibility index (Phi) is 7.50. The summed E-state index contributed by atoms with van der Waals surface area (Å²) in [5.41, 5.74) is 0.125. The van der Waals surface area contributed by atoms with Crippen LogP contribution < -0.4 is 5.56 Å². The van der Waals surface area contributed by atoms with Gasteiger partial charge in [-0.05, 0) is 23.9 Å². The zero-order valence-corrected chi connectivity index (χ0v) is 19.3. The highest BCUT2D eigenvalue weighted by Crippen LogP contribution is 2.66. The van der Waals surface area contributed by atoms with Gasteiger partial charge in [0.05, 0.1) is 12.0 Å². The topological polar surface area (TPSA) is 232 Å². The van der Waals surface area contributed by atoms with Crippen molar-refractivity contribution in [3.63, 3.8) is 0 Å². The first-order valence-electron chi connectivity index (χ1n) is 9.01. The molecule has 1 aliphatic rings. The van der Waals surface area contributed by atoms with Gasteiger partial charge in [-0.1, -0.05) is 18.2 Å². The number of pyridine rings is 1. The summed E-state index contributed by atoms with van der Waals surface area (Å²) in [7, 11) is -16.7. The van der Waals surface area contributed by atoms with Gasteiger partial charge in [0.1, 0.15) is 18.3 Å². The van der Waals surface area contributed by atoms with Gasteiger partial charge in [0, 0.05) is 6.20 Å².